The van der Waals surface area contributed by atoms with E-state index in [1.54, 1.807) is 18.5 Å². The van der Waals surface area contributed by atoms with Crippen LogP contribution in [-0.2, 0) is 5.41 Å². The largest absolute Gasteiger partial charge is 0.354 e. The molecule has 0 atom stereocenters. The summed E-state index contributed by atoms with van der Waals surface area (Å²) in [4.78, 5) is 16.7. The van der Waals surface area contributed by atoms with Gasteiger partial charge in [-0.3, -0.25) is 9.78 Å². The van der Waals surface area contributed by atoms with E-state index >= 15 is 0 Å². The van der Waals surface area contributed by atoms with E-state index in [4.69, 9.17) is 0 Å². The lowest BCUT2D eigenvalue weighted by molar-refractivity contribution is 0.102. The fraction of sp³-hybridized carbons (Fsp3) is 0.217. The maximum atomic E-state index is 12.5. The Labute approximate surface area is 160 Å². The van der Waals surface area contributed by atoms with Crippen molar-refractivity contribution >= 4 is 23.0 Å². The van der Waals surface area contributed by atoms with Crippen LogP contribution in [0.1, 0.15) is 42.3 Å². The van der Waals surface area contributed by atoms with Crippen LogP contribution in [0.15, 0.2) is 67.0 Å². The number of hydrogen-bond donors (Lipinski definition) is 2. The molecule has 0 aliphatic heterocycles. The van der Waals surface area contributed by atoms with Crippen LogP contribution in [0.4, 0.5) is 17.1 Å². The Kier molecular flexibility index (Phi) is 5.26. The molecule has 0 saturated carbocycles. The number of aryl methyl sites for hydroxylation is 1. The molecule has 2 aromatic carbocycles. The van der Waals surface area contributed by atoms with Gasteiger partial charge in [0.05, 0.1) is 17.4 Å². The van der Waals surface area contributed by atoms with Gasteiger partial charge in [-0.2, -0.15) is 0 Å². The molecule has 4 nitrogen and oxygen atoms in total. The van der Waals surface area contributed by atoms with Gasteiger partial charge in [-0.1, -0.05) is 45.0 Å². The van der Waals surface area contributed by atoms with Gasteiger partial charge in [0.1, 0.15) is 0 Å². The molecule has 3 rings (SSSR count). The maximum absolute atomic E-state index is 12.5. The van der Waals surface area contributed by atoms with Crippen LogP contribution in [0, 0.1) is 6.92 Å². The van der Waals surface area contributed by atoms with Gasteiger partial charge in [-0.05, 0) is 53.8 Å². The van der Waals surface area contributed by atoms with Crippen molar-refractivity contribution in [1.82, 2.24) is 4.98 Å². The molecule has 0 fully saturated rings. The summed E-state index contributed by atoms with van der Waals surface area (Å²) in [5, 5.41) is 6.22. The summed E-state index contributed by atoms with van der Waals surface area (Å²) in [7, 11) is 0. The Hall–Kier alpha value is -3.14. The number of anilines is 3. The maximum Gasteiger partial charge on any atom is 0.257 e. The molecular weight excluding hydrogens is 334 g/mol. The second-order valence-corrected chi connectivity index (χ2v) is 7.74. The first kappa shape index (κ1) is 18.6. The molecule has 0 unspecified atom stereocenters. The van der Waals surface area contributed by atoms with Gasteiger partial charge in [0.25, 0.3) is 5.91 Å². The third kappa shape index (κ3) is 4.94. The quantitative estimate of drug-likeness (QED) is 0.630. The first-order valence-electron chi connectivity index (χ1n) is 9.02. The molecule has 0 aliphatic rings. The Morgan fingerprint density at radius 1 is 0.889 bits per heavy atom. The first-order valence-corrected chi connectivity index (χ1v) is 9.02. The molecule has 0 spiro atoms. The molecule has 0 saturated heterocycles. The minimum atomic E-state index is -0.181. The molecular formula is C23H25N3O. The number of carbonyl (C=O) groups excluding carboxylic acids is 1. The minimum absolute atomic E-state index is 0.119. The average molecular weight is 359 g/mol. The number of nitrogens with one attached hydrogen (secondary N) is 2. The van der Waals surface area contributed by atoms with E-state index in [1.807, 2.05) is 43.3 Å². The number of amides is 1. The van der Waals surface area contributed by atoms with E-state index in [9.17, 15) is 4.79 Å². The Balaban J connectivity index is 1.72. The lowest BCUT2D eigenvalue weighted by Gasteiger charge is -2.19. The number of benzene rings is 2. The molecule has 1 heterocycles. The van der Waals surface area contributed by atoms with Gasteiger partial charge < -0.3 is 10.6 Å². The van der Waals surface area contributed by atoms with Crippen molar-refractivity contribution in [1.29, 1.82) is 0 Å². The molecule has 0 aliphatic carbocycles. The lowest BCUT2D eigenvalue weighted by atomic mass is 9.87. The van der Waals surface area contributed by atoms with Crippen molar-refractivity contribution in [3.05, 3.63) is 83.7 Å². The van der Waals surface area contributed by atoms with Crippen LogP contribution < -0.4 is 10.6 Å². The minimum Gasteiger partial charge on any atom is -0.354 e. The van der Waals surface area contributed by atoms with Crippen molar-refractivity contribution in [2.45, 2.75) is 33.1 Å². The summed E-state index contributed by atoms with van der Waals surface area (Å²) < 4.78 is 0. The van der Waals surface area contributed by atoms with E-state index < -0.39 is 0 Å². The van der Waals surface area contributed by atoms with E-state index in [1.165, 1.54) is 5.56 Å². The standard InChI is InChI=1S/C23H25N3O/c1-16-6-5-7-20(12-16)26-22(27)17-13-21(15-24-14-17)25-19-10-8-18(9-11-19)23(2,3)4/h5-15,25H,1-4H3,(H,26,27). The smallest absolute Gasteiger partial charge is 0.257 e. The Morgan fingerprint density at radius 3 is 2.30 bits per heavy atom. The topological polar surface area (TPSA) is 54.0 Å². The monoisotopic (exact) mass is 359 g/mol. The number of pyridine rings is 1. The number of carbonyl (C=O) groups is 1. The zero-order chi connectivity index (χ0) is 19.4. The summed E-state index contributed by atoms with van der Waals surface area (Å²) in [6, 6.07) is 17.8. The molecule has 0 bridgehead atoms. The van der Waals surface area contributed by atoms with Gasteiger partial charge in [-0.25, -0.2) is 0 Å². The number of aromatic nitrogens is 1. The Bertz CT molecular complexity index is 940. The fourth-order valence-electron chi connectivity index (χ4n) is 2.78. The summed E-state index contributed by atoms with van der Waals surface area (Å²) in [5.41, 5.74) is 5.51. The number of hydrogen-bond acceptors (Lipinski definition) is 3. The molecule has 3 aromatic rings. The fourth-order valence-corrected chi connectivity index (χ4v) is 2.78. The SMILES string of the molecule is Cc1cccc(NC(=O)c2cncc(Nc3ccc(C(C)(C)C)cc3)c2)c1. The second kappa shape index (κ2) is 7.62. The summed E-state index contributed by atoms with van der Waals surface area (Å²) in [6.45, 7) is 8.56. The third-order valence-electron chi connectivity index (χ3n) is 4.32. The van der Waals surface area contributed by atoms with Crippen LogP contribution in [-0.4, -0.2) is 10.9 Å². The Morgan fingerprint density at radius 2 is 1.63 bits per heavy atom. The zero-order valence-electron chi connectivity index (χ0n) is 16.2. The molecule has 138 valence electrons. The van der Waals surface area contributed by atoms with Crippen molar-refractivity contribution in [2.24, 2.45) is 0 Å². The van der Waals surface area contributed by atoms with Crippen molar-refractivity contribution in [3.8, 4) is 0 Å². The molecule has 1 aromatic heterocycles. The van der Waals surface area contributed by atoms with E-state index in [0.717, 1.165) is 22.6 Å². The van der Waals surface area contributed by atoms with Gasteiger partial charge in [0.15, 0.2) is 0 Å². The highest BCUT2D eigenvalue weighted by molar-refractivity contribution is 6.04. The molecule has 2 N–H and O–H groups in total. The van der Waals surface area contributed by atoms with Gasteiger partial charge in [0, 0.05) is 17.6 Å². The lowest BCUT2D eigenvalue weighted by Crippen LogP contribution is -2.12. The highest BCUT2D eigenvalue weighted by Gasteiger charge is 2.13. The van der Waals surface area contributed by atoms with Crippen LogP contribution in [0.2, 0.25) is 0 Å². The molecule has 1 amide bonds. The molecule has 27 heavy (non-hydrogen) atoms. The van der Waals surface area contributed by atoms with Crippen molar-refractivity contribution in [2.75, 3.05) is 10.6 Å². The summed E-state index contributed by atoms with van der Waals surface area (Å²) in [5.74, 6) is -0.181. The second-order valence-electron chi connectivity index (χ2n) is 7.74. The normalized spacial score (nSPS) is 11.1. The van der Waals surface area contributed by atoms with E-state index in [0.29, 0.717) is 5.56 Å². The summed E-state index contributed by atoms with van der Waals surface area (Å²) >= 11 is 0. The predicted octanol–water partition coefficient (Wildman–Crippen LogP) is 5.68. The number of rotatable bonds is 4. The first-order chi connectivity index (χ1) is 12.8. The van der Waals surface area contributed by atoms with Crippen LogP contribution >= 0.6 is 0 Å². The van der Waals surface area contributed by atoms with E-state index in [2.05, 4.69) is 48.5 Å². The number of nitrogens with zero attached hydrogens (tertiary/aromatic N) is 1. The van der Waals surface area contributed by atoms with Gasteiger partial charge >= 0.3 is 0 Å². The average Bonchev–Trinajstić information content (AvgIpc) is 2.62. The van der Waals surface area contributed by atoms with Crippen LogP contribution in [0.5, 0.6) is 0 Å². The zero-order valence-corrected chi connectivity index (χ0v) is 16.2. The highest BCUT2D eigenvalue weighted by Crippen LogP contribution is 2.25. The third-order valence-corrected chi connectivity index (χ3v) is 4.32. The molecule has 0 radical (unpaired) electrons. The van der Waals surface area contributed by atoms with Crippen LogP contribution in [0.25, 0.3) is 0 Å². The van der Waals surface area contributed by atoms with E-state index in [-0.39, 0.29) is 11.3 Å². The van der Waals surface area contributed by atoms with Crippen molar-refractivity contribution < 1.29 is 4.79 Å². The summed E-state index contributed by atoms with van der Waals surface area (Å²) in [6.07, 6.45) is 3.28. The van der Waals surface area contributed by atoms with Gasteiger partial charge in [0.2, 0.25) is 0 Å². The highest BCUT2D eigenvalue weighted by atomic mass is 16.1. The van der Waals surface area contributed by atoms with Gasteiger partial charge in [-0.15, -0.1) is 0 Å². The van der Waals surface area contributed by atoms with Crippen molar-refractivity contribution in [3.63, 3.8) is 0 Å². The molecule has 4 heteroatoms. The van der Waals surface area contributed by atoms with Crippen LogP contribution in [0.3, 0.4) is 0 Å². The predicted molar refractivity (Wildman–Crippen MR) is 112 cm³/mol.